The summed E-state index contributed by atoms with van der Waals surface area (Å²) in [6.45, 7) is 4.60. The standard InChI is InChI=1S/C14H18N2O2/c1-3-18-13(17)12-8-6-14(2)9(7-4-5-7)10(14)11(8)15-16-12/h7,9-10H,3-6H2,1-2H3,(H,15,16)/t9-,10-,14-/m0/s1. The van der Waals surface area contributed by atoms with Crippen LogP contribution in [-0.2, 0) is 11.2 Å². The first-order valence-electron chi connectivity index (χ1n) is 6.91. The molecule has 0 radical (unpaired) electrons. The topological polar surface area (TPSA) is 55.0 Å². The largest absolute Gasteiger partial charge is 0.461 e. The van der Waals surface area contributed by atoms with Gasteiger partial charge in [0, 0.05) is 17.2 Å². The molecule has 1 aromatic rings. The number of rotatable bonds is 3. The molecule has 1 N–H and O–H groups in total. The van der Waals surface area contributed by atoms with Crippen molar-refractivity contribution < 1.29 is 9.53 Å². The highest BCUT2D eigenvalue weighted by atomic mass is 16.5. The number of hydrogen-bond donors (Lipinski definition) is 1. The zero-order valence-electron chi connectivity index (χ0n) is 10.8. The molecule has 4 nitrogen and oxygen atoms in total. The third-order valence-corrected chi connectivity index (χ3v) is 5.09. The van der Waals surface area contributed by atoms with Gasteiger partial charge in [-0.05, 0) is 43.4 Å². The van der Waals surface area contributed by atoms with Crippen molar-refractivity contribution in [2.45, 2.75) is 39.0 Å². The van der Waals surface area contributed by atoms with Gasteiger partial charge in [0.15, 0.2) is 5.69 Å². The van der Waals surface area contributed by atoms with Gasteiger partial charge in [0.2, 0.25) is 0 Å². The molecule has 4 heteroatoms. The zero-order chi connectivity index (χ0) is 12.5. The first-order valence-corrected chi connectivity index (χ1v) is 6.91. The monoisotopic (exact) mass is 246 g/mol. The summed E-state index contributed by atoms with van der Waals surface area (Å²) in [7, 11) is 0. The first-order chi connectivity index (χ1) is 8.66. The maximum absolute atomic E-state index is 11.8. The predicted molar refractivity (Wildman–Crippen MR) is 65.3 cm³/mol. The van der Waals surface area contributed by atoms with E-state index in [2.05, 4.69) is 17.1 Å². The second-order valence-electron chi connectivity index (χ2n) is 6.21. The molecule has 0 aromatic carbocycles. The van der Waals surface area contributed by atoms with E-state index in [1.807, 2.05) is 6.92 Å². The summed E-state index contributed by atoms with van der Waals surface area (Å²) >= 11 is 0. The van der Waals surface area contributed by atoms with Crippen molar-refractivity contribution >= 4 is 5.97 Å². The maximum Gasteiger partial charge on any atom is 0.359 e. The molecule has 0 bridgehead atoms. The SMILES string of the molecule is CCOC(=O)c1n[nH]c2c1C[C@]1(C)[C@H]2[C@@H]1C1CC1. The van der Waals surface area contributed by atoms with Crippen LogP contribution < -0.4 is 0 Å². The van der Waals surface area contributed by atoms with E-state index < -0.39 is 0 Å². The van der Waals surface area contributed by atoms with E-state index in [0.717, 1.165) is 23.8 Å². The van der Waals surface area contributed by atoms with Gasteiger partial charge in [-0.2, -0.15) is 5.10 Å². The summed E-state index contributed by atoms with van der Waals surface area (Å²) < 4.78 is 5.06. The normalized spacial score (nSPS) is 36.1. The van der Waals surface area contributed by atoms with E-state index in [1.165, 1.54) is 18.5 Å². The Morgan fingerprint density at radius 1 is 1.56 bits per heavy atom. The molecule has 2 saturated carbocycles. The van der Waals surface area contributed by atoms with Gasteiger partial charge in [-0.25, -0.2) is 4.79 Å². The molecule has 1 heterocycles. The van der Waals surface area contributed by atoms with Crippen LogP contribution in [0.15, 0.2) is 0 Å². The minimum atomic E-state index is -0.275. The fraction of sp³-hybridized carbons (Fsp3) is 0.714. The Balaban J connectivity index is 1.65. The average Bonchev–Trinajstić information content (AvgIpc) is 3.17. The van der Waals surface area contributed by atoms with Crippen molar-refractivity contribution in [3.05, 3.63) is 17.0 Å². The van der Waals surface area contributed by atoms with Gasteiger partial charge in [-0.3, -0.25) is 5.10 Å². The van der Waals surface area contributed by atoms with Crippen molar-refractivity contribution in [1.82, 2.24) is 10.2 Å². The molecule has 4 rings (SSSR count). The van der Waals surface area contributed by atoms with Crippen LogP contribution in [-0.4, -0.2) is 22.8 Å². The van der Waals surface area contributed by atoms with Gasteiger partial charge >= 0.3 is 5.97 Å². The zero-order valence-corrected chi connectivity index (χ0v) is 10.8. The summed E-state index contributed by atoms with van der Waals surface area (Å²) in [4.78, 5) is 11.8. The molecule has 1 aromatic heterocycles. The number of aromatic amines is 1. The van der Waals surface area contributed by atoms with Gasteiger partial charge in [0.25, 0.3) is 0 Å². The summed E-state index contributed by atoms with van der Waals surface area (Å²) in [5.74, 6) is 2.11. The lowest BCUT2D eigenvalue weighted by molar-refractivity contribution is 0.0518. The molecule has 3 aliphatic carbocycles. The summed E-state index contributed by atoms with van der Waals surface area (Å²) in [6, 6.07) is 0. The van der Waals surface area contributed by atoms with Crippen LogP contribution in [0.3, 0.4) is 0 Å². The van der Waals surface area contributed by atoms with Crippen LogP contribution in [0, 0.1) is 17.3 Å². The number of fused-ring (bicyclic) bond motifs is 3. The number of ether oxygens (including phenoxy) is 1. The number of nitrogens with zero attached hydrogens (tertiary/aromatic N) is 1. The Bertz CT molecular complexity index is 532. The molecule has 2 fully saturated rings. The van der Waals surface area contributed by atoms with Crippen molar-refractivity contribution in [3.8, 4) is 0 Å². The third-order valence-electron chi connectivity index (χ3n) is 5.09. The number of hydrogen-bond acceptors (Lipinski definition) is 3. The summed E-state index contributed by atoms with van der Waals surface area (Å²) in [5.41, 5.74) is 3.26. The number of nitrogens with one attached hydrogen (secondary N) is 1. The molecular formula is C14H18N2O2. The number of carbonyl (C=O) groups excluding carboxylic acids is 1. The summed E-state index contributed by atoms with van der Waals surface area (Å²) in [6.07, 6.45) is 3.79. The van der Waals surface area contributed by atoms with Gasteiger partial charge in [0.1, 0.15) is 0 Å². The Labute approximate surface area is 106 Å². The molecule has 3 atom stereocenters. The minimum Gasteiger partial charge on any atom is -0.461 e. The van der Waals surface area contributed by atoms with Crippen LogP contribution in [0.25, 0.3) is 0 Å². The van der Waals surface area contributed by atoms with Crippen LogP contribution in [0.1, 0.15) is 54.4 Å². The third kappa shape index (κ3) is 1.16. The smallest absolute Gasteiger partial charge is 0.359 e. The molecule has 0 saturated heterocycles. The Hall–Kier alpha value is -1.32. The van der Waals surface area contributed by atoms with Crippen molar-refractivity contribution in [2.75, 3.05) is 6.61 Å². The fourth-order valence-corrected chi connectivity index (χ4v) is 4.17. The molecule has 0 spiro atoms. The lowest BCUT2D eigenvalue weighted by atomic mass is 9.96. The highest BCUT2D eigenvalue weighted by Gasteiger charge is 2.70. The van der Waals surface area contributed by atoms with Crippen molar-refractivity contribution in [3.63, 3.8) is 0 Å². The van der Waals surface area contributed by atoms with E-state index in [-0.39, 0.29) is 5.97 Å². The molecule has 18 heavy (non-hydrogen) atoms. The lowest BCUT2D eigenvalue weighted by Gasteiger charge is -2.08. The minimum absolute atomic E-state index is 0.275. The number of aromatic nitrogens is 2. The Kier molecular flexibility index (Phi) is 1.86. The van der Waals surface area contributed by atoms with Crippen LogP contribution in [0.5, 0.6) is 0 Å². The van der Waals surface area contributed by atoms with E-state index in [1.54, 1.807) is 0 Å². The van der Waals surface area contributed by atoms with E-state index in [4.69, 9.17) is 4.74 Å². The van der Waals surface area contributed by atoms with E-state index in [9.17, 15) is 4.79 Å². The number of carbonyl (C=O) groups is 1. The van der Waals surface area contributed by atoms with Gasteiger partial charge in [-0.15, -0.1) is 0 Å². The molecule has 3 aliphatic rings. The van der Waals surface area contributed by atoms with Gasteiger partial charge < -0.3 is 4.74 Å². The Morgan fingerprint density at radius 2 is 2.33 bits per heavy atom. The lowest BCUT2D eigenvalue weighted by Crippen LogP contribution is -2.10. The molecule has 96 valence electrons. The maximum atomic E-state index is 11.8. The number of H-pyrrole nitrogens is 1. The summed E-state index contributed by atoms with van der Waals surface area (Å²) in [5, 5.41) is 7.28. The average molecular weight is 246 g/mol. The molecule has 0 unspecified atom stereocenters. The molecular weight excluding hydrogens is 228 g/mol. The van der Waals surface area contributed by atoms with Crippen LogP contribution in [0.4, 0.5) is 0 Å². The second kappa shape index (κ2) is 3.16. The van der Waals surface area contributed by atoms with Gasteiger partial charge in [-0.1, -0.05) is 6.92 Å². The highest BCUT2D eigenvalue weighted by molar-refractivity contribution is 5.89. The molecule has 0 amide bonds. The highest BCUT2D eigenvalue weighted by Crippen LogP contribution is 2.76. The number of esters is 1. The quantitative estimate of drug-likeness (QED) is 0.832. The first kappa shape index (κ1) is 10.6. The van der Waals surface area contributed by atoms with Gasteiger partial charge in [0.05, 0.1) is 6.61 Å². The van der Waals surface area contributed by atoms with E-state index in [0.29, 0.717) is 23.6 Å². The van der Waals surface area contributed by atoms with E-state index >= 15 is 0 Å². The Morgan fingerprint density at radius 3 is 3.00 bits per heavy atom. The van der Waals surface area contributed by atoms with Crippen molar-refractivity contribution in [1.29, 1.82) is 0 Å². The van der Waals surface area contributed by atoms with Crippen molar-refractivity contribution in [2.24, 2.45) is 17.3 Å². The molecule has 0 aliphatic heterocycles. The second-order valence-corrected chi connectivity index (χ2v) is 6.21. The fourth-order valence-electron chi connectivity index (χ4n) is 4.17. The predicted octanol–water partition coefficient (Wildman–Crippen LogP) is 2.27. The van der Waals surface area contributed by atoms with Crippen LogP contribution >= 0.6 is 0 Å². The van der Waals surface area contributed by atoms with Crippen LogP contribution in [0.2, 0.25) is 0 Å².